The van der Waals surface area contributed by atoms with Gasteiger partial charge in [0.15, 0.2) is 0 Å². The summed E-state index contributed by atoms with van der Waals surface area (Å²) in [6, 6.07) is 87.9. The average Bonchev–Trinajstić information content (AvgIpc) is 3.67. The summed E-state index contributed by atoms with van der Waals surface area (Å²) in [6.45, 7) is 0. The first kappa shape index (κ1) is 35.2. The van der Waals surface area contributed by atoms with Crippen molar-refractivity contribution in [3.8, 4) is 50.2 Å². The Kier molecular flexibility index (Phi) is 8.87. The van der Waals surface area contributed by atoms with Crippen molar-refractivity contribution in [2.24, 2.45) is 0 Å². The standard InChI is InChI=1S/C58H40N2/c1-3-15-41(16-4-1)42-29-34-48(35-30-42)59(49-36-31-45(32-37-49)52-26-14-20-43-19-7-8-23-51(43)52)58-38-33-47(40-55(58)44-17-5-2-6-18-44)46-21-13-22-50(39-46)60-56-27-11-9-24-53(56)54-25-10-12-28-57(54)60/h1-40H. The molecule has 10 aromatic carbocycles. The van der Waals surface area contributed by atoms with E-state index in [0.29, 0.717) is 0 Å². The predicted molar refractivity (Wildman–Crippen MR) is 255 cm³/mol. The van der Waals surface area contributed by atoms with E-state index in [0.717, 1.165) is 45.0 Å². The molecular formula is C58H40N2. The zero-order chi connectivity index (χ0) is 39.8. The summed E-state index contributed by atoms with van der Waals surface area (Å²) in [7, 11) is 0. The minimum absolute atomic E-state index is 1.09. The van der Waals surface area contributed by atoms with E-state index < -0.39 is 0 Å². The molecule has 0 fully saturated rings. The van der Waals surface area contributed by atoms with E-state index in [2.05, 4.69) is 252 Å². The van der Waals surface area contributed by atoms with E-state index in [1.807, 2.05) is 0 Å². The smallest absolute Gasteiger partial charge is 0.0541 e. The van der Waals surface area contributed by atoms with E-state index in [4.69, 9.17) is 0 Å². The number of rotatable bonds is 8. The van der Waals surface area contributed by atoms with E-state index in [9.17, 15) is 0 Å². The van der Waals surface area contributed by atoms with Gasteiger partial charge < -0.3 is 9.47 Å². The zero-order valence-corrected chi connectivity index (χ0v) is 33.0. The lowest BCUT2D eigenvalue weighted by molar-refractivity contribution is 1.18. The predicted octanol–water partition coefficient (Wildman–Crippen LogP) is 16.1. The van der Waals surface area contributed by atoms with Gasteiger partial charge in [-0.05, 0) is 110 Å². The Morgan fingerprint density at radius 1 is 0.283 bits per heavy atom. The summed E-state index contributed by atoms with van der Waals surface area (Å²) in [4.78, 5) is 2.41. The van der Waals surface area contributed by atoms with Crippen molar-refractivity contribution < 1.29 is 0 Å². The van der Waals surface area contributed by atoms with Crippen molar-refractivity contribution in [3.05, 3.63) is 243 Å². The number of hydrogen-bond donors (Lipinski definition) is 0. The monoisotopic (exact) mass is 764 g/mol. The topological polar surface area (TPSA) is 8.17 Å². The Morgan fingerprint density at radius 2 is 0.750 bits per heavy atom. The largest absolute Gasteiger partial charge is 0.310 e. The van der Waals surface area contributed by atoms with Gasteiger partial charge in [-0.15, -0.1) is 0 Å². The van der Waals surface area contributed by atoms with Gasteiger partial charge in [0.05, 0.1) is 16.7 Å². The van der Waals surface area contributed by atoms with Gasteiger partial charge in [0, 0.05) is 33.4 Å². The first-order chi connectivity index (χ1) is 29.8. The molecule has 0 unspecified atom stereocenters. The highest BCUT2D eigenvalue weighted by Gasteiger charge is 2.20. The molecule has 0 amide bonds. The molecule has 0 radical (unpaired) electrons. The molecule has 0 saturated heterocycles. The molecule has 2 nitrogen and oxygen atoms in total. The molecule has 11 aromatic rings. The van der Waals surface area contributed by atoms with Gasteiger partial charge in [-0.1, -0.05) is 182 Å². The second-order valence-corrected chi connectivity index (χ2v) is 15.3. The van der Waals surface area contributed by atoms with Crippen molar-refractivity contribution >= 4 is 49.6 Å². The average molecular weight is 765 g/mol. The summed E-state index contributed by atoms with van der Waals surface area (Å²) < 4.78 is 2.39. The number of anilines is 3. The normalized spacial score (nSPS) is 11.3. The van der Waals surface area contributed by atoms with Gasteiger partial charge in [-0.2, -0.15) is 0 Å². The van der Waals surface area contributed by atoms with Crippen LogP contribution in [0.5, 0.6) is 0 Å². The molecule has 60 heavy (non-hydrogen) atoms. The summed E-state index contributed by atoms with van der Waals surface area (Å²) in [5, 5.41) is 5.02. The number of hydrogen-bond acceptors (Lipinski definition) is 1. The molecule has 0 aliphatic rings. The van der Waals surface area contributed by atoms with E-state index in [1.165, 1.54) is 54.8 Å². The maximum absolute atomic E-state index is 2.41. The van der Waals surface area contributed by atoms with Crippen molar-refractivity contribution in [2.45, 2.75) is 0 Å². The summed E-state index contributed by atoms with van der Waals surface area (Å²) in [5.74, 6) is 0. The molecule has 11 rings (SSSR count). The Bertz CT molecular complexity index is 3230. The van der Waals surface area contributed by atoms with Crippen LogP contribution in [-0.2, 0) is 0 Å². The maximum atomic E-state index is 2.41. The molecule has 0 aliphatic carbocycles. The highest BCUT2D eigenvalue weighted by Crippen LogP contribution is 2.44. The van der Waals surface area contributed by atoms with E-state index >= 15 is 0 Å². The summed E-state index contributed by atoms with van der Waals surface area (Å²) >= 11 is 0. The first-order valence-corrected chi connectivity index (χ1v) is 20.6. The molecule has 1 heterocycles. The second kappa shape index (κ2) is 15.1. The van der Waals surface area contributed by atoms with Crippen LogP contribution in [0.25, 0.3) is 82.8 Å². The molecule has 282 valence electrons. The van der Waals surface area contributed by atoms with Crippen molar-refractivity contribution in [1.82, 2.24) is 4.57 Å². The lowest BCUT2D eigenvalue weighted by atomic mass is 9.95. The van der Waals surface area contributed by atoms with Crippen LogP contribution in [0.1, 0.15) is 0 Å². The first-order valence-electron chi connectivity index (χ1n) is 20.6. The Balaban J connectivity index is 1.06. The fourth-order valence-electron chi connectivity index (χ4n) is 8.91. The van der Waals surface area contributed by atoms with E-state index in [-0.39, 0.29) is 0 Å². The van der Waals surface area contributed by atoms with E-state index in [1.54, 1.807) is 0 Å². The lowest BCUT2D eigenvalue weighted by Gasteiger charge is -2.29. The van der Waals surface area contributed by atoms with Crippen LogP contribution in [0, 0.1) is 0 Å². The number of benzene rings is 10. The van der Waals surface area contributed by atoms with Crippen LogP contribution < -0.4 is 4.90 Å². The zero-order valence-electron chi connectivity index (χ0n) is 33.0. The summed E-state index contributed by atoms with van der Waals surface area (Å²) in [5.41, 5.74) is 16.3. The van der Waals surface area contributed by atoms with Crippen molar-refractivity contribution in [3.63, 3.8) is 0 Å². The molecule has 1 aromatic heterocycles. The van der Waals surface area contributed by atoms with Crippen LogP contribution >= 0.6 is 0 Å². The van der Waals surface area contributed by atoms with Crippen molar-refractivity contribution in [1.29, 1.82) is 0 Å². The third-order valence-corrected chi connectivity index (χ3v) is 11.8. The molecule has 2 heteroatoms. The van der Waals surface area contributed by atoms with Crippen LogP contribution in [0.4, 0.5) is 17.1 Å². The van der Waals surface area contributed by atoms with Crippen LogP contribution in [0.2, 0.25) is 0 Å². The van der Waals surface area contributed by atoms with Gasteiger partial charge >= 0.3 is 0 Å². The Hall–Kier alpha value is -7.94. The van der Waals surface area contributed by atoms with Crippen molar-refractivity contribution in [2.75, 3.05) is 4.90 Å². The molecule has 0 spiro atoms. The molecule has 0 bridgehead atoms. The second-order valence-electron chi connectivity index (χ2n) is 15.3. The number of fused-ring (bicyclic) bond motifs is 4. The highest BCUT2D eigenvalue weighted by molar-refractivity contribution is 6.09. The molecule has 0 aliphatic heterocycles. The third kappa shape index (κ3) is 6.32. The van der Waals surface area contributed by atoms with Gasteiger partial charge in [0.2, 0.25) is 0 Å². The summed E-state index contributed by atoms with van der Waals surface area (Å²) in [6.07, 6.45) is 0. The molecule has 0 N–H and O–H groups in total. The SMILES string of the molecule is c1ccc(-c2ccc(N(c3ccc(-c4cccc5ccccc45)cc3)c3ccc(-c4cccc(-n5c6ccccc6c6ccccc65)c4)cc3-c3ccccc3)cc2)cc1. The molecule has 0 saturated carbocycles. The maximum Gasteiger partial charge on any atom is 0.0541 e. The lowest BCUT2D eigenvalue weighted by Crippen LogP contribution is -2.11. The fraction of sp³-hybridized carbons (Fsp3) is 0. The minimum atomic E-state index is 1.09. The Labute approximate surface area is 350 Å². The van der Waals surface area contributed by atoms with Gasteiger partial charge in [0.1, 0.15) is 0 Å². The van der Waals surface area contributed by atoms with Crippen LogP contribution in [-0.4, -0.2) is 4.57 Å². The number of aromatic nitrogens is 1. The molecular weight excluding hydrogens is 725 g/mol. The van der Waals surface area contributed by atoms with Gasteiger partial charge in [0.25, 0.3) is 0 Å². The van der Waals surface area contributed by atoms with Gasteiger partial charge in [-0.3, -0.25) is 0 Å². The molecule has 0 atom stereocenters. The Morgan fingerprint density at radius 3 is 1.43 bits per heavy atom. The third-order valence-electron chi connectivity index (χ3n) is 11.8. The van der Waals surface area contributed by atoms with Gasteiger partial charge in [-0.25, -0.2) is 0 Å². The number of para-hydroxylation sites is 2. The number of nitrogens with zero attached hydrogens (tertiary/aromatic N) is 2. The highest BCUT2D eigenvalue weighted by atomic mass is 15.1. The fourth-order valence-corrected chi connectivity index (χ4v) is 8.91. The van der Waals surface area contributed by atoms with Crippen LogP contribution in [0.3, 0.4) is 0 Å². The van der Waals surface area contributed by atoms with Crippen LogP contribution in [0.15, 0.2) is 243 Å². The minimum Gasteiger partial charge on any atom is -0.310 e. The quantitative estimate of drug-likeness (QED) is 0.150.